The molecule has 3 nitrogen and oxygen atoms in total. The van der Waals surface area contributed by atoms with E-state index in [-0.39, 0.29) is 16.8 Å². The number of anilines is 1. The zero-order valence-electron chi connectivity index (χ0n) is 11.0. The first-order valence-electron chi connectivity index (χ1n) is 5.79. The molecule has 1 aromatic rings. The van der Waals surface area contributed by atoms with Gasteiger partial charge in [0.1, 0.15) is 5.82 Å². The molecule has 0 bridgehead atoms. The third-order valence-electron chi connectivity index (χ3n) is 2.78. The van der Waals surface area contributed by atoms with Gasteiger partial charge in [0.05, 0.1) is 15.4 Å². The van der Waals surface area contributed by atoms with Crippen LogP contribution < -0.4 is 11.1 Å². The van der Waals surface area contributed by atoms with Crippen molar-refractivity contribution in [2.45, 2.75) is 20.8 Å². The minimum atomic E-state index is -0.568. The molecule has 0 aliphatic carbocycles. The summed E-state index contributed by atoms with van der Waals surface area (Å²) in [5.74, 6) is -1.33. The van der Waals surface area contributed by atoms with Gasteiger partial charge in [-0.05, 0) is 46.5 Å². The van der Waals surface area contributed by atoms with Crippen LogP contribution >= 0.6 is 28.1 Å². The van der Waals surface area contributed by atoms with Crippen molar-refractivity contribution in [3.63, 3.8) is 0 Å². The first-order chi connectivity index (χ1) is 8.73. The minimum absolute atomic E-state index is 0.0156. The Bertz CT molecular complexity index is 520. The van der Waals surface area contributed by atoms with E-state index in [2.05, 4.69) is 21.2 Å². The molecule has 1 atom stereocenters. The highest BCUT2D eigenvalue weighted by molar-refractivity contribution is 9.10. The number of benzene rings is 1. The Kier molecular flexibility index (Phi) is 5.43. The van der Waals surface area contributed by atoms with Crippen LogP contribution in [-0.2, 0) is 4.79 Å². The van der Waals surface area contributed by atoms with Gasteiger partial charge in [-0.2, -0.15) is 0 Å². The van der Waals surface area contributed by atoms with Gasteiger partial charge in [-0.3, -0.25) is 4.79 Å². The van der Waals surface area contributed by atoms with Crippen LogP contribution in [0.3, 0.4) is 0 Å². The summed E-state index contributed by atoms with van der Waals surface area (Å²) in [5, 5.41) is 2.67. The Balaban J connectivity index is 2.99. The van der Waals surface area contributed by atoms with Gasteiger partial charge in [0.2, 0.25) is 5.91 Å². The van der Waals surface area contributed by atoms with E-state index >= 15 is 0 Å². The van der Waals surface area contributed by atoms with Crippen LogP contribution in [0.1, 0.15) is 19.4 Å². The summed E-state index contributed by atoms with van der Waals surface area (Å²) in [6, 6.07) is 2.88. The number of hydrogen-bond acceptors (Lipinski definition) is 2. The number of rotatable bonds is 4. The number of carbonyl (C=O) groups excluding carboxylic acids is 1. The second-order valence-electron chi connectivity index (χ2n) is 4.69. The highest BCUT2D eigenvalue weighted by Gasteiger charge is 2.25. The Hall–Kier alpha value is -1.01. The normalized spacial score (nSPS) is 12.3. The highest BCUT2D eigenvalue weighted by atomic mass is 79.9. The molecule has 3 N–H and O–H groups in total. The second-order valence-corrected chi connectivity index (χ2v) is 6.02. The Morgan fingerprint density at radius 3 is 2.53 bits per heavy atom. The molecule has 0 aliphatic rings. The van der Waals surface area contributed by atoms with E-state index in [0.29, 0.717) is 10.2 Å². The molecule has 19 heavy (non-hydrogen) atoms. The van der Waals surface area contributed by atoms with E-state index in [1.165, 1.54) is 6.07 Å². The number of aryl methyl sites for hydroxylation is 1. The smallest absolute Gasteiger partial charge is 0.234 e. The first-order valence-corrected chi connectivity index (χ1v) is 7.00. The monoisotopic (exact) mass is 346 g/mol. The van der Waals surface area contributed by atoms with Gasteiger partial charge in [0.15, 0.2) is 0 Å². The van der Waals surface area contributed by atoms with Crippen molar-refractivity contribution in [3.05, 3.63) is 28.0 Å². The summed E-state index contributed by atoms with van der Waals surface area (Å²) in [7, 11) is 0. The van der Waals surface area contributed by atoms with Crippen molar-refractivity contribution in [2.75, 3.05) is 5.32 Å². The fourth-order valence-electron chi connectivity index (χ4n) is 1.75. The lowest BCUT2D eigenvalue weighted by Gasteiger charge is -2.19. The highest BCUT2D eigenvalue weighted by Crippen LogP contribution is 2.25. The quantitative estimate of drug-likeness (QED) is 0.821. The summed E-state index contributed by atoms with van der Waals surface area (Å²) >= 11 is 7.99. The molecule has 1 amide bonds. The number of hydrogen-bond donors (Lipinski definition) is 2. The van der Waals surface area contributed by atoms with Gasteiger partial charge >= 0.3 is 0 Å². The van der Waals surface area contributed by atoms with Crippen molar-refractivity contribution >= 4 is 44.7 Å². The molecular weight excluding hydrogens is 331 g/mol. The summed E-state index contributed by atoms with van der Waals surface area (Å²) < 4.78 is 13.8. The fraction of sp³-hybridized carbons (Fsp3) is 0.385. The largest absolute Gasteiger partial charge is 0.393 e. The summed E-state index contributed by atoms with van der Waals surface area (Å²) in [5.41, 5.74) is 6.75. The standard InChI is InChI=1S/C13H16BrFN2OS/c1-6(2)11(12(16)19)13(18)17-10-5-9(15)8(14)4-7(10)3/h4-6,11H,1-3H3,(H2,16,19)(H,17,18). The molecule has 0 saturated heterocycles. The van der Waals surface area contributed by atoms with E-state index in [1.54, 1.807) is 13.0 Å². The van der Waals surface area contributed by atoms with Crippen molar-refractivity contribution in [1.82, 2.24) is 0 Å². The first kappa shape index (κ1) is 16.0. The van der Waals surface area contributed by atoms with Crippen LogP contribution in [0.4, 0.5) is 10.1 Å². The van der Waals surface area contributed by atoms with Gasteiger partial charge in [-0.1, -0.05) is 26.1 Å². The third kappa shape index (κ3) is 3.98. The average Bonchev–Trinajstić information content (AvgIpc) is 2.24. The summed E-state index contributed by atoms with van der Waals surface area (Å²) in [6.07, 6.45) is 0. The lowest BCUT2D eigenvalue weighted by atomic mass is 9.95. The van der Waals surface area contributed by atoms with Crippen LogP contribution in [0, 0.1) is 24.6 Å². The fourth-order valence-corrected chi connectivity index (χ4v) is 2.59. The van der Waals surface area contributed by atoms with E-state index in [4.69, 9.17) is 18.0 Å². The number of amides is 1. The van der Waals surface area contributed by atoms with Gasteiger partial charge < -0.3 is 11.1 Å². The molecule has 1 rings (SSSR count). The third-order valence-corrected chi connectivity index (χ3v) is 3.64. The molecule has 104 valence electrons. The van der Waals surface area contributed by atoms with Gasteiger partial charge in [0.25, 0.3) is 0 Å². The maximum absolute atomic E-state index is 13.5. The van der Waals surface area contributed by atoms with Crippen molar-refractivity contribution < 1.29 is 9.18 Å². The number of carbonyl (C=O) groups is 1. The molecule has 0 saturated carbocycles. The maximum Gasteiger partial charge on any atom is 0.234 e. The number of nitrogens with one attached hydrogen (secondary N) is 1. The lowest BCUT2D eigenvalue weighted by molar-refractivity contribution is -0.118. The zero-order valence-corrected chi connectivity index (χ0v) is 13.4. The van der Waals surface area contributed by atoms with E-state index < -0.39 is 11.7 Å². The molecule has 0 spiro atoms. The van der Waals surface area contributed by atoms with Crippen LogP contribution in [0.15, 0.2) is 16.6 Å². The Labute approximate surface area is 125 Å². The van der Waals surface area contributed by atoms with Crippen molar-refractivity contribution in [1.29, 1.82) is 0 Å². The van der Waals surface area contributed by atoms with E-state index in [0.717, 1.165) is 5.56 Å². The van der Waals surface area contributed by atoms with Crippen LogP contribution in [0.5, 0.6) is 0 Å². The molecule has 0 fully saturated rings. The topological polar surface area (TPSA) is 55.1 Å². The van der Waals surface area contributed by atoms with Crippen LogP contribution in [0.25, 0.3) is 0 Å². The van der Waals surface area contributed by atoms with Crippen LogP contribution in [0.2, 0.25) is 0 Å². The number of halogens is 2. The lowest BCUT2D eigenvalue weighted by Crippen LogP contribution is -2.36. The Morgan fingerprint density at radius 1 is 1.47 bits per heavy atom. The zero-order chi connectivity index (χ0) is 14.7. The van der Waals surface area contributed by atoms with Gasteiger partial charge in [-0.15, -0.1) is 0 Å². The SMILES string of the molecule is Cc1cc(Br)c(F)cc1NC(=O)C(C(N)=S)C(C)C. The predicted octanol–water partition coefficient (Wildman–Crippen LogP) is 3.39. The van der Waals surface area contributed by atoms with Gasteiger partial charge in [-0.25, -0.2) is 4.39 Å². The molecule has 6 heteroatoms. The van der Waals surface area contributed by atoms with Crippen molar-refractivity contribution in [3.8, 4) is 0 Å². The molecule has 0 aliphatic heterocycles. The molecular formula is C13H16BrFN2OS. The second kappa shape index (κ2) is 6.43. The van der Waals surface area contributed by atoms with Crippen molar-refractivity contribution in [2.24, 2.45) is 17.6 Å². The minimum Gasteiger partial charge on any atom is -0.393 e. The molecule has 0 heterocycles. The molecule has 1 aromatic carbocycles. The Morgan fingerprint density at radius 2 is 2.05 bits per heavy atom. The van der Waals surface area contributed by atoms with E-state index in [9.17, 15) is 9.18 Å². The summed E-state index contributed by atoms with van der Waals surface area (Å²) in [6.45, 7) is 5.50. The molecule has 0 aromatic heterocycles. The molecule has 0 radical (unpaired) electrons. The van der Waals surface area contributed by atoms with E-state index in [1.807, 2.05) is 13.8 Å². The van der Waals surface area contributed by atoms with Gasteiger partial charge in [0, 0.05) is 5.69 Å². The summed E-state index contributed by atoms with van der Waals surface area (Å²) in [4.78, 5) is 12.3. The maximum atomic E-state index is 13.5. The number of nitrogens with two attached hydrogens (primary N) is 1. The number of thiocarbonyl (C=S) groups is 1. The average molecular weight is 347 g/mol. The predicted molar refractivity (Wildman–Crippen MR) is 82.6 cm³/mol. The molecule has 1 unspecified atom stereocenters. The van der Waals surface area contributed by atoms with Crippen LogP contribution in [-0.4, -0.2) is 10.9 Å².